The van der Waals surface area contributed by atoms with E-state index in [1.165, 1.54) is 0 Å². The van der Waals surface area contributed by atoms with Crippen LogP contribution in [0, 0.1) is 5.41 Å². The first-order chi connectivity index (χ1) is 10.5. The summed E-state index contributed by atoms with van der Waals surface area (Å²) < 4.78 is 10.0. The van der Waals surface area contributed by atoms with Crippen molar-refractivity contribution < 1.29 is 24.2 Å². The highest BCUT2D eigenvalue weighted by molar-refractivity contribution is 7.81. The normalized spacial score (nSPS) is 14.3. The van der Waals surface area contributed by atoms with Gasteiger partial charge >= 0.3 is 5.97 Å². The highest BCUT2D eigenvalue weighted by atomic mass is 32.1. The van der Waals surface area contributed by atoms with Crippen molar-refractivity contribution in [2.75, 3.05) is 33.0 Å². The first-order valence-corrected chi connectivity index (χ1v) is 8.33. The summed E-state index contributed by atoms with van der Waals surface area (Å²) in [6.45, 7) is 10.1. The Balaban J connectivity index is 3.62. The van der Waals surface area contributed by atoms with Crippen molar-refractivity contribution in [2.24, 2.45) is 5.41 Å². The van der Waals surface area contributed by atoms with Gasteiger partial charge in [-0.2, -0.15) is 12.6 Å². The van der Waals surface area contributed by atoms with E-state index in [2.05, 4.69) is 38.7 Å². The average Bonchev–Trinajstić information content (AvgIpc) is 2.32. The topological polar surface area (TPSA) is 84.9 Å². The molecule has 0 aromatic heterocycles. The molecule has 23 heavy (non-hydrogen) atoms. The number of hydrogen-bond acceptors (Lipinski definition) is 5. The molecule has 1 amide bonds. The monoisotopic (exact) mass is 349 g/mol. The van der Waals surface area contributed by atoms with Gasteiger partial charge in [-0.25, -0.2) is 0 Å². The largest absolute Gasteiger partial charge is 0.481 e. The minimum atomic E-state index is -0.878. The van der Waals surface area contributed by atoms with Crippen molar-refractivity contribution in [3.8, 4) is 0 Å². The van der Waals surface area contributed by atoms with E-state index in [1.807, 2.05) is 6.92 Å². The highest BCUT2D eigenvalue weighted by Crippen LogP contribution is 2.33. The molecule has 0 spiro atoms. The highest BCUT2D eigenvalue weighted by Gasteiger charge is 2.28. The Kier molecular flexibility index (Phi) is 10.5. The first kappa shape index (κ1) is 22.2. The van der Waals surface area contributed by atoms with Crippen LogP contribution in [0.1, 0.15) is 47.0 Å². The zero-order valence-electron chi connectivity index (χ0n) is 14.7. The quantitative estimate of drug-likeness (QED) is 0.371. The van der Waals surface area contributed by atoms with Crippen molar-refractivity contribution in [1.82, 2.24) is 5.32 Å². The average molecular weight is 349 g/mol. The third-order valence-electron chi connectivity index (χ3n) is 2.85. The van der Waals surface area contributed by atoms with E-state index < -0.39 is 5.97 Å². The van der Waals surface area contributed by atoms with Crippen molar-refractivity contribution in [3.63, 3.8) is 0 Å². The van der Waals surface area contributed by atoms with E-state index in [-0.39, 0.29) is 29.1 Å². The minimum absolute atomic E-state index is 0.00683. The van der Waals surface area contributed by atoms with Gasteiger partial charge in [-0.1, -0.05) is 27.7 Å². The number of rotatable bonds is 12. The van der Waals surface area contributed by atoms with Gasteiger partial charge in [0.15, 0.2) is 0 Å². The van der Waals surface area contributed by atoms with E-state index in [9.17, 15) is 9.59 Å². The van der Waals surface area contributed by atoms with E-state index in [0.29, 0.717) is 32.8 Å². The van der Waals surface area contributed by atoms with Gasteiger partial charge in [0, 0.05) is 17.7 Å². The molecule has 0 radical (unpaired) electrons. The number of amides is 1. The van der Waals surface area contributed by atoms with Gasteiger partial charge in [-0.05, 0) is 11.8 Å². The van der Waals surface area contributed by atoms with E-state index in [0.717, 1.165) is 6.42 Å². The van der Waals surface area contributed by atoms with Gasteiger partial charge in [0.2, 0.25) is 5.91 Å². The molecule has 0 rings (SSSR count). The molecule has 136 valence electrons. The number of hydrogen-bond donors (Lipinski definition) is 3. The van der Waals surface area contributed by atoms with Gasteiger partial charge in [0.05, 0.1) is 32.8 Å². The molecule has 0 aromatic carbocycles. The minimum Gasteiger partial charge on any atom is -0.481 e. The van der Waals surface area contributed by atoms with Crippen LogP contribution in [-0.2, 0) is 19.1 Å². The Labute approximate surface area is 144 Å². The molecule has 0 aliphatic carbocycles. The fraction of sp³-hybridized carbons (Fsp3) is 0.875. The Bertz CT molecular complexity index is 366. The van der Waals surface area contributed by atoms with Crippen molar-refractivity contribution in [3.05, 3.63) is 0 Å². The van der Waals surface area contributed by atoms with Crippen molar-refractivity contribution in [1.29, 1.82) is 0 Å². The maximum absolute atomic E-state index is 11.9. The number of carboxylic acids is 1. The summed E-state index contributed by atoms with van der Waals surface area (Å²) >= 11 is 4.59. The number of aliphatic carboxylic acids is 1. The molecule has 0 saturated carbocycles. The molecule has 0 aromatic rings. The molecule has 0 aliphatic heterocycles. The van der Waals surface area contributed by atoms with Gasteiger partial charge in [-0.3, -0.25) is 9.59 Å². The molecule has 6 nitrogen and oxygen atoms in total. The molecule has 1 unspecified atom stereocenters. The third-order valence-corrected chi connectivity index (χ3v) is 3.17. The predicted octanol–water partition coefficient (Wildman–Crippen LogP) is 2.13. The third kappa shape index (κ3) is 15.9. The number of carbonyl (C=O) groups is 2. The summed E-state index contributed by atoms with van der Waals surface area (Å²) in [5.74, 6) is -0.913. The zero-order chi connectivity index (χ0) is 17.9. The lowest BCUT2D eigenvalue weighted by molar-refractivity contribution is -0.138. The van der Waals surface area contributed by atoms with Gasteiger partial charge in [0.1, 0.15) is 0 Å². The lowest BCUT2D eigenvalue weighted by Gasteiger charge is -2.31. The van der Waals surface area contributed by atoms with Crippen LogP contribution in [0.4, 0.5) is 0 Å². The van der Waals surface area contributed by atoms with E-state index >= 15 is 0 Å². The fourth-order valence-electron chi connectivity index (χ4n) is 2.36. The van der Waals surface area contributed by atoms with Crippen molar-refractivity contribution >= 4 is 24.5 Å². The van der Waals surface area contributed by atoms with Crippen LogP contribution < -0.4 is 5.32 Å². The Morgan fingerprint density at radius 3 is 2.13 bits per heavy atom. The molecular formula is C16H31NO5S. The lowest BCUT2D eigenvalue weighted by atomic mass is 9.83. The molecule has 7 heteroatoms. The zero-order valence-corrected chi connectivity index (χ0v) is 15.6. The maximum atomic E-state index is 11.9. The van der Waals surface area contributed by atoms with Crippen LogP contribution in [0.3, 0.4) is 0 Å². The number of carboxylic acid groups (broad SMARTS) is 1. The molecule has 0 bridgehead atoms. The summed E-state index contributed by atoms with van der Waals surface area (Å²) in [5.41, 5.74) is 0.126. The predicted molar refractivity (Wildman–Crippen MR) is 93.0 cm³/mol. The van der Waals surface area contributed by atoms with Crippen LogP contribution in [0.25, 0.3) is 0 Å². The molecule has 2 N–H and O–H groups in total. The van der Waals surface area contributed by atoms with E-state index in [1.54, 1.807) is 0 Å². The molecule has 0 aliphatic rings. The smallest absolute Gasteiger partial charge is 0.305 e. The van der Waals surface area contributed by atoms with Gasteiger partial charge < -0.3 is 19.9 Å². The standard InChI is InChI=1S/C16H31NO5S/c1-15(2,3)12-16(4,23)11-13(18)17-6-8-22-10-9-21-7-5-14(19)20/h23H,5-12H2,1-4H3,(H,17,18)(H,19,20). The second kappa shape index (κ2) is 10.9. The van der Waals surface area contributed by atoms with Gasteiger partial charge in [0.25, 0.3) is 0 Å². The Morgan fingerprint density at radius 2 is 1.61 bits per heavy atom. The fourth-order valence-corrected chi connectivity index (χ4v) is 2.98. The number of ether oxygens (including phenoxy) is 2. The SMILES string of the molecule is CC(C)(C)CC(C)(S)CC(=O)NCCOCCOCCC(=O)O. The van der Waals surface area contributed by atoms with Crippen LogP contribution in [0.5, 0.6) is 0 Å². The van der Waals surface area contributed by atoms with Crippen LogP contribution >= 0.6 is 12.6 Å². The van der Waals surface area contributed by atoms with E-state index in [4.69, 9.17) is 14.6 Å². The summed E-state index contributed by atoms with van der Waals surface area (Å²) in [6, 6.07) is 0. The second-order valence-electron chi connectivity index (χ2n) is 7.13. The molecular weight excluding hydrogens is 318 g/mol. The number of carbonyl (C=O) groups excluding carboxylic acids is 1. The van der Waals surface area contributed by atoms with Crippen molar-refractivity contribution in [2.45, 2.75) is 51.7 Å². The molecule has 0 fully saturated rings. The van der Waals surface area contributed by atoms with Crippen LogP contribution in [-0.4, -0.2) is 54.7 Å². The second-order valence-corrected chi connectivity index (χ2v) is 8.21. The summed E-state index contributed by atoms with van der Waals surface area (Å²) in [4.78, 5) is 22.1. The van der Waals surface area contributed by atoms with Gasteiger partial charge in [-0.15, -0.1) is 0 Å². The number of nitrogens with one attached hydrogen (secondary N) is 1. The maximum Gasteiger partial charge on any atom is 0.305 e. The molecule has 0 heterocycles. The lowest BCUT2D eigenvalue weighted by Crippen LogP contribution is -2.35. The number of thiol groups is 1. The molecule has 0 saturated heterocycles. The van der Waals surface area contributed by atoms with Crippen LogP contribution in [0.15, 0.2) is 0 Å². The Morgan fingerprint density at radius 1 is 1.04 bits per heavy atom. The van der Waals surface area contributed by atoms with Crippen LogP contribution in [0.2, 0.25) is 0 Å². The summed E-state index contributed by atoms with van der Waals surface area (Å²) in [5, 5.41) is 11.2. The molecule has 1 atom stereocenters. The summed E-state index contributed by atoms with van der Waals surface area (Å²) in [6.07, 6.45) is 1.21. The first-order valence-electron chi connectivity index (χ1n) is 7.88. The summed E-state index contributed by atoms with van der Waals surface area (Å²) in [7, 11) is 0. The Hall–Kier alpha value is -0.790.